The number of carbonyl (C=O) groups excluding carboxylic acids is 1. The van der Waals surface area contributed by atoms with E-state index in [9.17, 15) is 4.79 Å². The first-order chi connectivity index (χ1) is 11.4. The van der Waals surface area contributed by atoms with Crippen LogP contribution in [0.15, 0.2) is 22.6 Å². The summed E-state index contributed by atoms with van der Waals surface area (Å²) in [6.07, 6.45) is 0.207. The zero-order valence-electron chi connectivity index (χ0n) is 16.6. The molecule has 25 heavy (non-hydrogen) atoms. The second-order valence-corrected chi connectivity index (χ2v) is 14.4. The number of fused-ring (bicyclic) bond motifs is 1. The van der Waals surface area contributed by atoms with Crippen molar-refractivity contribution in [3.05, 3.63) is 29.7 Å². The molecule has 0 spiro atoms. The zero-order chi connectivity index (χ0) is 19.3. The van der Waals surface area contributed by atoms with Gasteiger partial charge in [-0.3, -0.25) is 0 Å². The van der Waals surface area contributed by atoms with Gasteiger partial charge in [0.2, 0.25) is 0 Å². The highest BCUT2D eigenvalue weighted by molar-refractivity contribution is 6.76. The number of nitrogens with zero attached hydrogens (tertiary/aromatic N) is 1. The highest BCUT2D eigenvalue weighted by Gasteiger charge is 2.16. The summed E-state index contributed by atoms with van der Waals surface area (Å²) in [7, 11) is -1.06. The van der Waals surface area contributed by atoms with Crippen LogP contribution < -0.4 is 5.73 Å². The molecular weight excluding hydrogens is 332 g/mol. The molecule has 0 bridgehead atoms. The van der Waals surface area contributed by atoms with Crippen molar-refractivity contribution in [1.82, 2.24) is 4.98 Å². The fraction of sp³-hybridized carbons (Fsp3) is 0.579. The molecule has 0 aliphatic heterocycles. The van der Waals surface area contributed by atoms with E-state index < -0.39 is 14.2 Å². The lowest BCUT2D eigenvalue weighted by molar-refractivity contribution is 0.162. The number of rotatable bonds is 4. The number of carbonyl (C=O) groups is 1. The van der Waals surface area contributed by atoms with E-state index in [4.69, 9.17) is 10.2 Å². The summed E-state index contributed by atoms with van der Waals surface area (Å²) >= 11 is 0. The number of aromatic nitrogens is 1. The summed E-state index contributed by atoms with van der Waals surface area (Å²) in [5.41, 5.74) is 8.07. The number of oxazole rings is 1. The highest BCUT2D eigenvalue weighted by Crippen LogP contribution is 2.23. The normalized spacial score (nSPS) is 11.8. The van der Waals surface area contributed by atoms with Gasteiger partial charge in [-0.15, -0.1) is 0 Å². The Kier molecular flexibility index (Phi) is 7.23. The van der Waals surface area contributed by atoms with E-state index in [1.54, 1.807) is 0 Å². The van der Waals surface area contributed by atoms with E-state index in [2.05, 4.69) is 63.1 Å². The van der Waals surface area contributed by atoms with Gasteiger partial charge in [0, 0.05) is 14.5 Å². The first kappa shape index (κ1) is 21.2. The molecule has 0 aliphatic rings. The van der Waals surface area contributed by atoms with E-state index in [0.717, 1.165) is 29.5 Å². The molecule has 0 saturated carbocycles. The molecule has 6 heteroatoms. The smallest absolute Gasteiger partial charge is 0.404 e. The molecular formula is C19H32N2O3Si. The molecule has 1 aromatic heterocycles. The van der Waals surface area contributed by atoms with Crippen molar-refractivity contribution in [2.45, 2.75) is 59.8 Å². The van der Waals surface area contributed by atoms with Crippen molar-refractivity contribution < 1.29 is 13.9 Å². The third-order valence-corrected chi connectivity index (χ3v) is 5.07. The summed E-state index contributed by atoms with van der Waals surface area (Å²) in [4.78, 5) is 14.6. The molecule has 2 rings (SSSR count). The quantitative estimate of drug-likeness (QED) is 0.761. The van der Waals surface area contributed by atoms with Crippen molar-refractivity contribution in [3.8, 4) is 0 Å². The second-order valence-electron chi connectivity index (χ2n) is 8.79. The van der Waals surface area contributed by atoms with E-state index in [1.807, 2.05) is 12.1 Å². The van der Waals surface area contributed by atoms with Crippen molar-refractivity contribution in [3.63, 3.8) is 0 Å². The largest absolute Gasteiger partial charge is 0.450 e. The van der Waals surface area contributed by atoms with E-state index in [1.165, 1.54) is 5.56 Å². The number of primary amides is 1. The molecule has 0 fully saturated rings. The number of benzene rings is 1. The summed E-state index contributed by atoms with van der Waals surface area (Å²) < 4.78 is 10.3. The minimum Gasteiger partial charge on any atom is -0.450 e. The van der Waals surface area contributed by atoms with Gasteiger partial charge in [0.1, 0.15) is 5.52 Å². The second kappa shape index (κ2) is 8.51. The van der Waals surface area contributed by atoms with Gasteiger partial charge in [-0.2, -0.15) is 0 Å². The van der Waals surface area contributed by atoms with Gasteiger partial charge in [-0.05, 0) is 36.1 Å². The Morgan fingerprint density at radius 3 is 2.44 bits per heavy atom. The Morgan fingerprint density at radius 1 is 1.28 bits per heavy atom. The van der Waals surface area contributed by atoms with Crippen LogP contribution in [0.5, 0.6) is 0 Å². The van der Waals surface area contributed by atoms with Crippen LogP contribution in [0.2, 0.25) is 25.7 Å². The zero-order valence-corrected chi connectivity index (χ0v) is 17.6. The lowest BCUT2D eigenvalue weighted by Crippen LogP contribution is -2.24. The number of aryl methyl sites for hydroxylation is 1. The maximum atomic E-state index is 10.1. The van der Waals surface area contributed by atoms with Crippen LogP contribution in [0, 0.1) is 12.3 Å². The Hall–Kier alpha value is -1.82. The van der Waals surface area contributed by atoms with Crippen molar-refractivity contribution in [2.75, 3.05) is 6.61 Å². The fourth-order valence-corrected chi connectivity index (χ4v) is 2.79. The SMILES string of the molecule is C[Si](C)(C)CCOC(N)=O.Cc1ccc2oc(CC(C)(C)C)nc2c1. The minimum absolute atomic E-state index is 0.218. The van der Waals surface area contributed by atoms with Crippen LogP contribution in [0.1, 0.15) is 32.2 Å². The predicted molar refractivity (Wildman–Crippen MR) is 106 cm³/mol. The lowest BCUT2D eigenvalue weighted by atomic mass is 9.92. The molecule has 0 unspecified atom stereocenters. The maximum absolute atomic E-state index is 10.1. The van der Waals surface area contributed by atoms with E-state index in [-0.39, 0.29) is 5.41 Å². The predicted octanol–water partition coefficient (Wildman–Crippen LogP) is 5.14. The molecule has 5 nitrogen and oxygen atoms in total. The first-order valence-corrected chi connectivity index (χ1v) is 12.3. The topological polar surface area (TPSA) is 78.4 Å². The van der Waals surface area contributed by atoms with Gasteiger partial charge in [-0.1, -0.05) is 46.5 Å². The Balaban J connectivity index is 0.000000275. The molecule has 1 aromatic carbocycles. The molecule has 2 aromatic rings. The Bertz CT molecular complexity index is 697. The Labute approximate surface area is 152 Å². The number of amides is 1. The average Bonchev–Trinajstić information content (AvgIpc) is 2.76. The molecule has 1 heterocycles. The molecule has 0 saturated heterocycles. The van der Waals surface area contributed by atoms with Crippen LogP contribution in [0.25, 0.3) is 11.1 Å². The summed E-state index contributed by atoms with van der Waals surface area (Å²) in [6.45, 7) is 15.8. The van der Waals surface area contributed by atoms with Gasteiger partial charge in [0.15, 0.2) is 11.5 Å². The van der Waals surface area contributed by atoms with Crippen molar-refractivity contribution in [1.29, 1.82) is 0 Å². The molecule has 140 valence electrons. The molecule has 0 radical (unpaired) electrons. The molecule has 0 aliphatic carbocycles. The number of ether oxygens (including phenoxy) is 1. The summed E-state index contributed by atoms with van der Waals surface area (Å²) in [5.74, 6) is 0.836. The van der Waals surface area contributed by atoms with Crippen LogP contribution in [0.3, 0.4) is 0 Å². The van der Waals surface area contributed by atoms with Crippen LogP contribution in [-0.4, -0.2) is 25.8 Å². The first-order valence-electron chi connectivity index (χ1n) is 8.64. The van der Waals surface area contributed by atoms with Gasteiger partial charge >= 0.3 is 6.09 Å². The minimum atomic E-state index is -1.06. The number of nitrogens with two attached hydrogens (primary N) is 1. The highest BCUT2D eigenvalue weighted by atomic mass is 28.3. The number of hydrogen-bond donors (Lipinski definition) is 1. The summed E-state index contributed by atoms with van der Waals surface area (Å²) in [5, 5.41) is 0. The van der Waals surface area contributed by atoms with E-state index in [0.29, 0.717) is 6.61 Å². The molecule has 0 atom stereocenters. The van der Waals surface area contributed by atoms with Crippen LogP contribution >= 0.6 is 0 Å². The molecule has 2 N–H and O–H groups in total. The van der Waals surface area contributed by atoms with Crippen molar-refractivity contribution >= 4 is 25.3 Å². The van der Waals surface area contributed by atoms with Gasteiger partial charge < -0.3 is 14.9 Å². The third kappa shape index (κ3) is 9.29. The lowest BCUT2D eigenvalue weighted by Gasteiger charge is -2.14. The maximum Gasteiger partial charge on any atom is 0.404 e. The van der Waals surface area contributed by atoms with Crippen LogP contribution in [0.4, 0.5) is 4.79 Å². The Morgan fingerprint density at radius 2 is 1.92 bits per heavy atom. The molecule has 1 amide bonds. The van der Waals surface area contributed by atoms with Crippen LogP contribution in [-0.2, 0) is 11.2 Å². The van der Waals surface area contributed by atoms with Gasteiger partial charge in [0.25, 0.3) is 0 Å². The van der Waals surface area contributed by atoms with Gasteiger partial charge in [0.05, 0.1) is 6.61 Å². The fourth-order valence-electron chi connectivity index (χ4n) is 2.07. The number of hydrogen-bond acceptors (Lipinski definition) is 4. The monoisotopic (exact) mass is 364 g/mol. The van der Waals surface area contributed by atoms with E-state index >= 15 is 0 Å². The standard InChI is InChI=1S/C13H17NO.C6H15NO2Si/c1-9-5-6-11-10(7-9)14-12(15-11)8-13(2,3)4;1-10(2,3)5-4-9-6(7)8/h5-7H,8H2,1-4H3;4-5H2,1-3H3,(H2,7,8). The average molecular weight is 365 g/mol. The van der Waals surface area contributed by atoms with Crippen molar-refractivity contribution in [2.24, 2.45) is 11.1 Å². The van der Waals surface area contributed by atoms with Gasteiger partial charge in [-0.25, -0.2) is 9.78 Å². The third-order valence-electron chi connectivity index (χ3n) is 3.37. The summed E-state index contributed by atoms with van der Waals surface area (Å²) in [6, 6.07) is 7.08.